The normalized spacial score (nSPS) is 33.1. The number of ether oxygens (including phenoxy) is 1. The van der Waals surface area contributed by atoms with E-state index >= 15 is 0 Å². The minimum absolute atomic E-state index is 0.117. The van der Waals surface area contributed by atoms with E-state index in [4.69, 9.17) is 4.74 Å². The number of ketones is 1. The van der Waals surface area contributed by atoms with Crippen LogP contribution in [0.4, 0.5) is 0 Å². The topological polar surface area (TPSA) is 63.7 Å². The monoisotopic (exact) mass is 357 g/mol. The largest absolute Gasteiger partial charge is 0.370 e. The quantitative estimate of drug-likeness (QED) is 0.759. The first-order chi connectivity index (χ1) is 11.4. The molecule has 0 aromatic carbocycles. The van der Waals surface area contributed by atoms with Crippen LogP contribution >= 0.6 is 0 Å². The molecule has 2 aliphatic heterocycles. The van der Waals surface area contributed by atoms with Crippen molar-refractivity contribution in [3.8, 4) is 0 Å². The Morgan fingerprint density at radius 2 is 1.88 bits per heavy atom. The molecule has 5 nitrogen and oxygen atoms in total. The Balaban J connectivity index is 1.63. The number of piperidine rings is 1. The standard InChI is InChI=1S/C18H31NO4S/c1-15(20)8-9-16-10-12-18(23-16)11-5-13-19(14-18)24(21,22)17-6-3-2-4-7-17/h16-17H,2-14H2,1H3/t16-,18-/m0/s1. The van der Waals surface area contributed by atoms with E-state index in [-0.39, 0.29) is 22.7 Å². The van der Waals surface area contributed by atoms with Crippen molar-refractivity contribution in [2.75, 3.05) is 13.1 Å². The second kappa shape index (κ2) is 7.42. The molecule has 0 amide bonds. The van der Waals surface area contributed by atoms with Gasteiger partial charge in [-0.15, -0.1) is 0 Å². The summed E-state index contributed by atoms with van der Waals surface area (Å²) in [6.45, 7) is 2.77. The summed E-state index contributed by atoms with van der Waals surface area (Å²) in [6.07, 6.45) is 10.0. The van der Waals surface area contributed by atoms with Crippen molar-refractivity contribution in [2.24, 2.45) is 0 Å². The number of hydrogen-bond acceptors (Lipinski definition) is 4. The summed E-state index contributed by atoms with van der Waals surface area (Å²) in [7, 11) is -3.19. The Kier molecular flexibility index (Phi) is 5.67. The van der Waals surface area contributed by atoms with Gasteiger partial charge in [-0.1, -0.05) is 19.3 Å². The molecule has 1 saturated carbocycles. The van der Waals surface area contributed by atoms with Crippen molar-refractivity contribution in [3.63, 3.8) is 0 Å². The number of Topliss-reactive ketones (excluding diaryl/α,β-unsaturated/α-hetero) is 1. The number of carbonyl (C=O) groups is 1. The Bertz CT molecular complexity index is 555. The predicted molar refractivity (Wildman–Crippen MR) is 93.4 cm³/mol. The molecule has 0 N–H and O–H groups in total. The SMILES string of the molecule is CC(=O)CC[C@H]1CC[C@]2(CCCN(S(=O)(=O)C3CCCCC3)C2)O1. The number of carbonyl (C=O) groups excluding carboxylic acids is 1. The number of rotatable bonds is 5. The fraction of sp³-hybridized carbons (Fsp3) is 0.944. The van der Waals surface area contributed by atoms with Gasteiger partial charge in [0.1, 0.15) is 5.78 Å². The molecule has 0 unspecified atom stereocenters. The molecule has 1 aliphatic carbocycles. The highest BCUT2D eigenvalue weighted by atomic mass is 32.2. The maximum absolute atomic E-state index is 13.0. The first kappa shape index (κ1) is 18.3. The average molecular weight is 358 g/mol. The van der Waals surface area contributed by atoms with Gasteiger partial charge in [-0.2, -0.15) is 4.31 Å². The van der Waals surface area contributed by atoms with Gasteiger partial charge in [0, 0.05) is 19.5 Å². The Morgan fingerprint density at radius 3 is 2.58 bits per heavy atom. The van der Waals surface area contributed by atoms with E-state index in [0.717, 1.165) is 64.2 Å². The molecule has 3 rings (SSSR count). The maximum atomic E-state index is 13.0. The maximum Gasteiger partial charge on any atom is 0.217 e. The fourth-order valence-electron chi connectivity index (χ4n) is 4.61. The van der Waals surface area contributed by atoms with Crippen LogP contribution in [-0.2, 0) is 19.6 Å². The van der Waals surface area contributed by atoms with E-state index in [1.165, 1.54) is 0 Å². The lowest BCUT2D eigenvalue weighted by Gasteiger charge is -2.41. The highest BCUT2D eigenvalue weighted by molar-refractivity contribution is 7.89. The van der Waals surface area contributed by atoms with Crippen LogP contribution in [0.1, 0.15) is 77.6 Å². The number of sulfonamides is 1. The smallest absolute Gasteiger partial charge is 0.217 e. The van der Waals surface area contributed by atoms with Crippen LogP contribution in [0.25, 0.3) is 0 Å². The lowest BCUT2D eigenvalue weighted by atomic mass is 9.91. The highest BCUT2D eigenvalue weighted by Gasteiger charge is 2.46. The minimum Gasteiger partial charge on any atom is -0.370 e. The van der Waals surface area contributed by atoms with Gasteiger partial charge in [0.05, 0.1) is 17.0 Å². The zero-order valence-electron chi connectivity index (χ0n) is 14.8. The van der Waals surface area contributed by atoms with Crippen molar-refractivity contribution in [1.82, 2.24) is 4.31 Å². The molecule has 24 heavy (non-hydrogen) atoms. The van der Waals surface area contributed by atoms with E-state index < -0.39 is 10.0 Å². The molecule has 0 aromatic heterocycles. The molecule has 138 valence electrons. The second-order valence-corrected chi connectivity index (χ2v) is 10.2. The zero-order chi connectivity index (χ0) is 17.2. The van der Waals surface area contributed by atoms with E-state index in [2.05, 4.69) is 0 Å². The molecular weight excluding hydrogens is 326 g/mol. The van der Waals surface area contributed by atoms with Crippen molar-refractivity contribution >= 4 is 15.8 Å². The Morgan fingerprint density at radius 1 is 1.12 bits per heavy atom. The van der Waals surface area contributed by atoms with Gasteiger partial charge in [-0.25, -0.2) is 8.42 Å². The van der Waals surface area contributed by atoms with E-state index in [0.29, 0.717) is 19.5 Å². The molecule has 0 aromatic rings. The minimum atomic E-state index is -3.19. The van der Waals surface area contributed by atoms with Crippen LogP contribution in [0, 0.1) is 0 Å². The first-order valence-corrected chi connectivity index (χ1v) is 11.1. The lowest BCUT2D eigenvalue weighted by Crippen LogP contribution is -2.52. The van der Waals surface area contributed by atoms with Gasteiger partial charge in [0.25, 0.3) is 0 Å². The molecule has 2 atom stereocenters. The molecule has 0 bridgehead atoms. The van der Waals surface area contributed by atoms with Gasteiger partial charge >= 0.3 is 0 Å². The van der Waals surface area contributed by atoms with Gasteiger partial charge in [-0.3, -0.25) is 0 Å². The number of hydrogen-bond donors (Lipinski definition) is 0. The van der Waals surface area contributed by atoms with Crippen molar-refractivity contribution in [1.29, 1.82) is 0 Å². The van der Waals surface area contributed by atoms with Crippen LogP contribution in [0.3, 0.4) is 0 Å². The molecule has 3 aliphatic rings. The molecule has 3 fully saturated rings. The molecule has 2 saturated heterocycles. The van der Waals surface area contributed by atoms with E-state index in [9.17, 15) is 13.2 Å². The van der Waals surface area contributed by atoms with Crippen molar-refractivity contribution in [3.05, 3.63) is 0 Å². The molecular formula is C18H31NO4S. The lowest BCUT2D eigenvalue weighted by molar-refractivity contribution is -0.118. The highest BCUT2D eigenvalue weighted by Crippen LogP contribution is 2.40. The summed E-state index contributed by atoms with van der Waals surface area (Å²) in [6, 6.07) is 0. The summed E-state index contributed by atoms with van der Waals surface area (Å²) < 4.78 is 34.0. The van der Waals surface area contributed by atoms with Crippen LogP contribution < -0.4 is 0 Å². The van der Waals surface area contributed by atoms with Crippen LogP contribution in [-0.4, -0.2) is 48.6 Å². The summed E-state index contributed by atoms with van der Waals surface area (Å²) in [4.78, 5) is 11.2. The molecule has 1 spiro atoms. The van der Waals surface area contributed by atoms with E-state index in [1.54, 1.807) is 11.2 Å². The van der Waals surface area contributed by atoms with Crippen LogP contribution in [0.5, 0.6) is 0 Å². The van der Waals surface area contributed by atoms with Gasteiger partial charge in [-0.05, 0) is 51.9 Å². The summed E-state index contributed by atoms with van der Waals surface area (Å²) >= 11 is 0. The van der Waals surface area contributed by atoms with Gasteiger partial charge < -0.3 is 9.53 Å². The number of nitrogens with zero attached hydrogens (tertiary/aromatic N) is 1. The Labute approximate surface area is 146 Å². The summed E-state index contributed by atoms with van der Waals surface area (Å²) in [5.41, 5.74) is -0.304. The molecule has 6 heteroatoms. The fourth-order valence-corrected chi connectivity index (χ4v) is 6.76. The summed E-state index contributed by atoms with van der Waals surface area (Å²) in [5.74, 6) is 0.199. The average Bonchev–Trinajstić information content (AvgIpc) is 2.96. The molecule has 0 radical (unpaired) electrons. The van der Waals surface area contributed by atoms with Crippen LogP contribution in [0.15, 0.2) is 0 Å². The van der Waals surface area contributed by atoms with Crippen molar-refractivity contribution in [2.45, 2.75) is 94.5 Å². The van der Waals surface area contributed by atoms with Gasteiger partial charge in [0.15, 0.2) is 0 Å². The molecule has 2 heterocycles. The van der Waals surface area contributed by atoms with Crippen molar-refractivity contribution < 1.29 is 17.9 Å². The third-order valence-electron chi connectivity index (χ3n) is 5.99. The zero-order valence-corrected chi connectivity index (χ0v) is 15.7. The third kappa shape index (κ3) is 4.02. The van der Waals surface area contributed by atoms with Gasteiger partial charge in [0.2, 0.25) is 10.0 Å². The van der Waals surface area contributed by atoms with E-state index in [1.807, 2.05) is 0 Å². The van der Waals surface area contributed by atoms with Crippen LogP contribution in [0.2, 0.25) is 0 Å². The Hall–Kier alpha value is -0.460. The third-order valence-corrected chi connectivity index (χ3v) is 8.34. The first-order valence-electron chi connectivity index (χ1n) is 9.58. The second-order valence-electron chi connectivity index (χ2n) is 7.94. The predicted octanol–water partition coefficient (Wildman–Crippen LogP) is 3.03. The summed E-state index contributed by atoms with van der Waals surface area (Å²) in [5, 5.41) is -0.184.